The van der Waals surface area contributed by atoms with Crippen LogP contribution in [-0.2, 0) is 0 Å². The lowest BCUT2D eigenvalue weighted by Gasteiger charge is -2.30. The highest BCUT2D eigenvalue weighted by molar-refractivity contribution is 5.29. The summed E-state index contributed by atoms with van der Waals surface area (Å²) in [5.74, 6) is 4.78. The first-order valence-corrected chi connectivity index (χ1v) is 6.55. The highest BCUT2D eigenvalue weighted by Crippen LogP contribution is 2.36. The van der Waals surface area contributed by atoms with Crippen molar-refractivity contribution in [2.75, 3.05) is 0 Å². The lowest BCUT2D eigenvalue weighted by Crippen LogP contribution is -2.36. The standard InChI is InChI=1S/C14H20F2N2/c1-9-7-8-11(15)12(13(9)16)14(18-17)10-5-3-2-4-6-10/h7-8,10,14,18H,2-6,17H2,1H3. The zero-order chi connectivity index (χ0) is 13.1. The SMILES string of the molecule is Cc1ccc(F)c(C(NN)C2CCCCC2)c1F. The molecule has 0 aliphatic heterocycles. The molecule has 0 spiro atoms. The summed E-state index contributed by atoms with van der Waals surface area (Å²) in [4.78, 5) is 0. The lowest BCUT2D eigenvalue weighted by molar-refractivity contribution is 0.263. The molecule has 0 radical (unpaired) electrons. The molecule has 3 N–H and O–H groups in total. The first-order valence-electron chi connectivity index (χ1n) is 6.55. The molecule has 0 saturated heterocycles. The Morgan fingerprint density at radius 3 is 2.50 bits per heavy atom. The minimum Gasteiger partial charge on any atom is -0.271 e. The van der Waals surface area contributed by atoms with Gasteiger partial charge in [-0.2, -0.15) is 0 Å². The normalized spacial score (nSPS) is 18.9. The van der Waals surface area contributed by atoms with Gasteiger partial charge in [-0.05, 0) is 37.3 Å². The Morgan fingerprint density at radius 1 is 1.22 bits per heavy atom. The van der Waals surface area contributed by atoms with Gasteiger partial charge in [-0.15, -0.1) is 0 Å². The predicted molar refractivity (Wildman–Crippen MR) is 67.7 cm³/mol. The third-order valence-electron chi connectivity index (χ3n) is 3.93. The number of aryl methyl sites for hydroxylation is 1. The van der Waals surface area contributed by atoms with Crippen LogP contribution in [-0.4, -0.2) is 0 Å². The van der Waals surface area contributed by atoms with E-state index in [1.54, 1.807) is 6.92 Å². The largest absolute Gasteiger partial charge is 0.271 e. The summed E-state index contributed by atoms with van der Waals surface area (Å²) in [6.07, 6.45) is 5.37. The van der Waals surface area contributed by atoms with E-state index in [9.17, 15) is 8.78 Å². The summed E-state index contributed by atoms with van der Waals surface area (Å²) >= 11 is 0. The first-order chi connectivity index (χ1) is 8.65. The average Bonchev–Trinajstić information content (AvgIpc) is 2.40. The van der Waals surface area contributed by atoms with Crippen LogP contribution >= 0.6 is 0 Å². The Balaban J connectivity index is 2.34. The summed E-state index contributed by atoms with van der Waals surface area (Å²) in [6, 6.07) is 2.36. The van der Waals surface area contributed by atoms with E-state index in [-0.39, 0.29) is 11.5 Å². The summed E-state index contributed by atoms with van der Waals surface area (Å²) in [5, 5.41) is 0. The van der Waals surface area contributed by atoms with Gasteiger partial charge in [0.15, 0.2) is 0 Å². The first kappa shape index (κ1) is 13.4. The van der Waals surface area contributed by atoms with Crippen molar-refractivity contribution < 1.29 is 8.78 Å². The smallest absolute Gasteiger partial charge is 0.133 e. The molecule has 4 heteroatoms. The minimum absolute atomic E-state index is 0.101. The number of nitrogens with two attached hydrogens (primary N) is 1. The molecule has 1 aliphatic rings. The van der Waals surface area contributed by atoms with Gasteiger partial charge in [0.2, 0.25) is 0 Å². The third-order valence-corrected chi connectivity index (χ3v) is 3.93. The number of rotatable bonds is 3. The van der Waals surface area contributed by atoms with Gasteiger partial charge >= 0.3 is 0 Å². The summed E-state index contributed by atoms with van der Waals surface area (Å²) in [5.41, 5.74) is 3.18. The zero-order valence-electron chi connectivity index (χ0n) is 10.7. The van der Waals surface area contributed by atoms with Crippen LogP contribution in [0.3, 0.4) is 0 Å². The van der Waals surface area contributed by atoms with E-state index in [1.165, 1.54) is 18.6 Å². The second-order valence-electron chi connectivity index (χ2n) is 5.13. The van der Waals surface area contributed by atoms with Gasteiger partial charge < -0.3 is 0 Å². The molecule has 0 heterocycles. The lowest BCUT2D eigenvalue weighted by atomic mass is 9.81. The molecular formula is C14H20F2N2. The van der Waals surface area contributed by atoms with Crippen molar-refractivity contribution in [1.82, 2.24) is 5.43 Å². The van der Waals surface area contributed by atoms with Crippen LogP contribution in [0, 0.1) is 24.5 Å². The van der Waals surface area contributed by atoms with E-state index in [4.69, 9.17) is 5.84 Å². The fourth-order valence-corrected chi connectivity index (χ4v) is 2.89. The molecule has 2 nitrogen and oxygen atoms in total. The van der Waals surface area contributed by atoms with Crippen LogP contribution in [0.15, 0.2) is 12.1 Å². The minimum atomic E-state index is -0.508. The fraction of sp³-hybridized carbons (Fsp3) is 0.571. The molecule has 100 valence electrons. The maximum absolute atomic E-state index is 14.1. The Morgan fingerprint density at radius 2 is 1.89 bits per heavy atom. The van der Waals surface area contributed by atoms with Gasteiger partial charge in [0.25, 0.3) is 0 Å². The van der Waals surface area contributed by atoms with Gasteiger partial charge in [-0.1, -0.05) is 25.3 Å². The van der Waals surface area contributed by atoms with Crippen molar-refractivity contribution in [1.29, 1.82) is 0 Å². The van der Waals surface area contributed by atoms with Crippen LogP contribution < -0.4 is 11.3 Å². The van der Waals surface area contributed by atoms with Crippen molar-refractivity contribution in [3.8, 4) is 0 Å². The van der Waals surface area contributed by atoms with Crippen LogP contribution in [0.4, 0.5) is 8.78 Å². The van der Waals surface area contributed by atoms with Gasteiger partial charge in [-0.3, -0.25) is 11.3 Å². The van der Waals surface area contributed by atoms with Crippen molar-refractivity contribution in [3.63, 3.8) is 0 Å². The Labute approximate surface area is 107 Å². The average molecular weight is 254 g/mol. The quantitative estimate of drug-likeness (QED) is 0.641. The monoisotopic (exact) mass is 254 g/mol. The molecule has 1 aromatic carbocycles. The topological polar surface area (TPSA) is 38.0 Å². The molecule has 1 saturated carbocycles. The molecule has 0 bridgehead atoms. The second kappa shape index (κ2) is 5.76. The highest BCUT2D eigenvalue weighted by Gasteiger charge is 2.29. The number of benzene rings is 1. The van der Waals surface area contributed by atoms with Crippen molar-refractivity contribution in [2.45, 2.75) is 45.1 Å². The van der Waals surface area contributed by atoms with Crippen LogP contribution in [0.2, 0.25) is 0 Å². The van der Waals surface area contributed by atoms with E-state index >= 15 is 0 Å². The van der Waals surface area contributed by atoms with E-state index in [0.717, 1.165) is 25.7 Å². The maximum atomic E-state index is 14.1. The van der Waals surface area contributed by atoms with Crippen LogP contribution in [0.1, 0.15) is 49.3 Å². The molecule has 0 aromatic heterocycles. The van der Waals surface area contributed by atoms with Crippen molar-refractivity contribution >= 4 is 0 Å². The highest BCUT2D eigenvalue weighted by atomic mass is 19.1. The van der Waals surface area contributed by atoms with E-state index < -0.39 is 17.7 Å². The summed E-state index contributed by atoms with van der Waals surface area (Å²) in [7, 11) is 0. The van der Waals surface area contributed by atoms with E-state index in [2.05, 4.69) is 5.43 Å². The van der Waals surface area contributed by atoms with Crippen molar-refractivity contribution in [3.05, 3.63) is 34.9 Å². The molecule has 1 aliphatic carbocycles. The molecule has 1 atom stereocenters. The maximum Gasteiger partial charge on any atom is 0.133 e. The third kappa shape index (κ3) is 2.54. The number of hydrazine groups is 1. The van der Waals surface area contributed by atoms with Gasteiger partial charge in [0, 0.05) is 5.56 Å². The van der Waals surface area contributed by atoms with Gasteiger partial charge in [0.1, 0.15) is 11.6 Å². The fourth-order valence-electron chi connectivity index (χ4n) is 2.89. The van der Waals surface area contributed by atoms with Crippen molar-refractivity contribution in [2.24, 2.45) is 11.8 Å². The Bertz CT molecular complexity index is 415. The number of hydrogen-bond donors (Lipinski definition) is 2. The molecule has 1 unspecified atom stereocenters. The predicted octanol–water partition coefficient (Wildman–Crippen LogP) is 3.36. The van der Waals surface area contributed by atoms with E-state index in [0.29, 0.717) is 5.56 Å². The van der Waals surface area contributed by atoms with Gasteiger partial charge in [-0.25, -0.2) is 8.78 Å². The summed E-state index contributed by atoms with van der Waals surface area (Å²) in [6.45, 7) is 1.65. The Hall–Kier alpha value is -1.00. The second-order valence-corrected chi connectivity index (χ2v) is 5.13. The van der Waals surface area contributed by atoms with Crippen LogP contribution in [0.25, 0.3) is 0 Å². The molecular weight excluding hydrogens is 234 g/mol. The summed E-state index contributed by atoms with van der Waals surface area (Å²) < 4.78 is 28.0. The molecule has 1 aromatic rings. The molecule has 18 heavy (non-hydrogen) atoms. The van der Waals surface area contributed by atoms with Crippen LogP contribution in [0.5, 0.6) is 0 Å². The molecule has 2 rings (SSSR count). The number of halogens is 2. The molecule has 1 fully saturated rings. The number of hydrogen-bond acceptors (Lipinski definition) is 2. The Kier molecular flexibility index (Phi) is 4.30. The van der Waals surface area contributed by atoms with E-state index in [1.807, 2.05) is 0 Å². The van der Waals surface area contributed by atoms with Gasteiger partial charge in [0.05, 0.1) is 6.04 Å². The zero-order valence-corrected chi connectivity index (χ0v) is 10.7. The number of nitrogens with one attached hydrogen (secondary N) is 1. The molecule has 0 amide bonds.